The fourth-order valence-corrected chi connectivity index (χ4v) is 1.66. The molecule has 0 spiro atoms. The third-order valence-corrected chi connectivity index (χ3v) is 2.54. The average Bonchev–Trinajstić information content (AvgIpc) is 2.87. The number of nitrogens with zero attached hydrogens (tertiary/aromatic N) is 2. The van der Waals surface area contributed by atoms with Gasteiger partial charge in [-0.1, -0.05) is 0 Å². The van der Waals surface area contributed by atoms with Gasteiger partial charge in [-0.05, 0) is 36.4 Å². The summed E-state index contributed by atoms with van der Waals surface area (Å²) in [4.78, 5) is 21.3. The van der Waals surface area contributed by atoms with Gasteiger partial charge in [0.2, 0.25) is 0 Å². The lowest BCUT2D eigenvalue weighted by molar-refractivity contribution is 0.0697. The quantitative estimate of drug-likeness (QED) is 0.574. The van der Waals surface area contributed by atoms with Crippen LogP contribution < -0.4 is 11.2 Å². The minimum Gasteiger partial charge on any atom is -0.478 e. The second kappa shape index (κ2) is 5.70. The van der Waals surface area contributed by atoms with Gasteiger partial charge in [-0.25, -0.2) is 15.0 Å². The number of urea groups is 1. The maximum Gasteiger partial charge on any atom is 0.335 e. The van der Waals surface area contributed by atoms with Crippen LogP contribution in [0.15, 0.2) is 47.7 Å². The number of rotatable bonds is 4. The Morgan fingerprint density at radius 2 is 1.95 bits per heavy atom. The monoisotopic (exact) mass is 272 g/mol. The number of aromatic carboxylic acids is 1. The van der Waals surface area contributed by atoms with Crippen LogP contribution in [-0.4, -0.2) is 27.9 Å². The highest BCUT2D eigenvalue weighted by atomic mass is 16.4. The lowest BCUT2D eigenvalue weighted by atomic mass is 10.2. The van der Waals surface area contributed by atoms with Crippen molar-refractivity contribution in [1.82, 2.24) is 9.99 Å². The van der Waals surface area contributed by atoms with Crippen molar-refractivity contribution in [3.05, 3.63) is 53.9 Å². The number of carbonyl (C=O) groups is 2. The number of nitrogens with one attached hydrogen (secondary N) is 1. The Morgan fingerprint density at radius 3 is 2.55 bits per heavy atom. The fourth-order valence-electron chi connectivity index (χ4n) is 1.66. The molecule has 2 rings (SSSR count). The molecular weight excluding hydrogens is 260 g/mol. The molecule has 102 valence electrons. The van der Waals surface area contributed by atoms with Crippen molar-refractivity contribution >= 4 is 18.2 Å². The molecule has 0 saturated heterocycles. The third kappa shape index (κ3) is 3.02. The molecule has 1 aromatic carbocycles. The molecule has 0 aliphatic rings. The molecule has 0 fully saturated rings. The summed E-state index contributed by atoms with van der Waals surface area (Å²) in [6, 6.07) is 9.24. The molecule has 20 heavy (non-hydrogen) atoms. The summed E-state index contributed by atoms with van der Waals surface area (Å²) < 4.78 is 1.79. The number of hydrazone groups is 1. The number of carboxylic acid groups (broad SMARTS) is 1. The normalized spacial score (nSPS) is 10.6. The van der Waals surface area contributed by atoms with Gasteiger partial charge in [-0.3, -0.25) is 0 Å². The van der Waals surface area contributed by atoms with E-state index < -0.39 is 12.0 Å². The average molecular weight is 272 g/mol. The van der Waals surface area contributed by atoms with Crippen molar-refractivity contribution in [2.24, 2.45) is 10.8 Å². The van der Waals surface area contributed by atoms with Crippen LogP contribution in [0.5, 0.6) is 0 Å². The van der Waals surface area contributed by atoms with E-state index in [-0.39, 0.29) is 5.56 Å². The maximum absolute atomic E-state index is 10.8. The minimum atomic E-state index is -0.975. The van der Waals surface area contributed by atoms with E-state index in [0.717, 1.165) is 5.69 Å². The molecule has 7 heteroatoms. The molecule has 0 bridgehead atoms. The molecule has 1 aromatic heterocycles. The second-order valence-electron chi connectivity index (χ2n) is 3.89. The van der Waals surface area contributed by atoms with Gasteiger partial charge in [0, 0.05) is 11.9 Å². The Morgan fingerprint density at radius 1 is 1.25 bits per heavy atom. The summed E-state index contributed by atoms with van der Waals surface area (Å²) >= 11 is 0. The first kappa shape index (κ1) is 13.3. The summed E-state index contributed by atoms with van der Waals surface area (Å²) in [5.74, 6) is -0.975. The lowest BCUT2D eigenvalue weighted by Gasteiger charge is -2.06. The zero-order valence-electron chi connectivity index (χ0n) is 10.4. The summed E-state index contributed by atoms with van der Waals surface area (Å²) in [5.41, 5.74) is 8.71. The number of nitrogens with two attached hydrogens (primary N) is 1. The molecule has 4 N–H and O–H groups in total. The molecule has 0 saturated carbocycles. The van der Waals surface area contributed by atoms with E-state index in [9.17, 15) is 9.59 Å². The van der Waals surface area contributed by atoms with Gasteiger partial charge in [0.15, 0.2) is 0 Å². The summed E-state index contributed by atoms with van der Waals surface area (Å²) in [6.07, 6.45) is 3.23. The Labute approximate surface area is 114 Å². The van der Waals surface area contributed by atoms with Crippen molar-refractivity contribution in [2.45, 2.75) is 0 Å². The molecule has 1 heterocycles. The first-order valence-electron chi connectivity index (χ1n) is 5.67. The van der Waals surface area contributed by atoms with Gasteiger partial charge < -0.3 is 15.4 Å². The third-order valence-electron chi connectivity index (χ3n) is 2.54. The van der Waals surface area contributed by atoms with E-state index in [1.54, 1.807) is 35.0 Å². The molecule has 0 radical (unpaired) electrons. The smallest absolute Gasteiger partial charge is 0.335 e. The van der Waals surface area contributed by atoms with Gasteiger partial charge in [0.25, 0.3) is 0 Å². The van der Waals surface area contributed by atoms with E-state index in [2.05, 4.69) is 10.5 Å². The molecule has 7 nitrogen and oxygen atoms in total. The molecule has 0 unspecified atom stereocenters. The standard InChI is InChI=1S/C13H12N4O3/c14-13(20)16-15-8-11-2-1-7-17(11)10-5-3-9(4-6-10)12(18)19/h1-8H,(H,18,19)(H3,14,16,20)/b15-8-. The van der Waals surface area contributed by atoms with Crippen molar-refractivity contribution in [2.75, 3.05) is 0 Å². The zero-order chi connectivity index (χ0) is 14.5. The van der Waals surface area contributed by atoms with Crippen LogP contribution in [0.3, 0.4) is 0 Å². The molecular formula is C13H12N4O3. The van der Waals surface area contributed by atoms with Crippen LogP contribution in [-0.2, 0) is 0 Å². The van der Waals surface area contributed by atoms with Gasteiger partial charge >= 0.3 is 12.0 Å². The van der Waals surface area contributed by atoms with Crippen LogP contribution in [0.2, 0.25) is 0 Å². The number of carboxylic acids is 1. The van der Waals surface area contributed by atoms with Crippen LogP contribution >= 0.6 is 0 Å². The number of hydrogen-bond acceptors (Lipinski definition) is 3. The molecule has 2 amide bonds. The number of carbonyl (C=O) groups excluding carboxylic acids is 1. The van der Waals surface area contributed by atoms with Gasteiger partial charge in [0.1, 0.15) is 0 Å². The van der Waals surface area contributed by atoms with Crippen LogP contribution in [0.1, 0.15) is 16.1 Å². The summed E-state index contributed by atoms with van der Waals surface area (Å²) in [7, 11) is 0. The highest BCUT2D eigenvalue weighted by molar-refractivity contribution is 5.88. The predicted molar refractivity (Wildman–Crippen MR) is 73.0 cm³/mol. The van der Waals surface area contributed by atoms with Gasteiger partial charge in [-0.2, -0.15) is 5.10 Å². The SMILES string of the molecule is NC(=O)N/N=C\c1cccn1-c1ccc(C(=O)O)cc1. The molecule has 0 aliphatic carbocycles. The fraction of sp³-hybridized carbons (Fsp3) is 0. The highest BCUT2D eigenvalue weighted by Gasteiger charge is 2.04. The highest BCUT2D eigenvalue weighted by Crippen LogP contribution is 2.13. The second-order valence-corrected chi connectivity index (χ2v) is 3.89. The first-order valence-corrected chi connectivity index (χ1v) is 5.67. The number of aromatic nitrogens is 1. The number of primary amides is 1. The Balaban J connectivity index is 2.25. The summed E-state index contributed by atoms with van der Waals surface area (Å²) in [5, 5.41) is 12.5. The van der Waals surface area contributed by atoms with Crippen LogP contribution in [0.25, 0.3) is 5.69 Å². The molecule has 2 aromatic rings. The van der Waals surface area contributed by atoms with Crippen molar-refractivity contribution < 1.29 is 14.7 Å². The zero-order valence-corrected chi connectivity index (χ0v) is 10.4. The van der Waals surface area contributed by atoms with Crippen LogP contribution in [0.4, 0.5) is 4.79 Å². The molecule has 0 atom stereocenters. The maximum atomic E-state index is 10.8. The van der Waals surface area contributed by atoms with Crippen LogP contribution in [0, 0.1) is 0 Å². The minimum absolute atomic E-state index is 0.214. The lowest BCUT2D eigenvalue weighted by Crippen LogP contribution is -2.24. The number of amides is 2. The summed E-state index contributed by atoms with van der Waals surface area (Å²) in [6.45, 7) is 0. The van der Waals surface area contributed by atoms with Crippen molar-refractivity contribution in [3.8, 4) is 5.69 Å². The first-order chi connectivity index (χ1) is 9.58. The van der Waals surface area contributed by atoms with E-state index >= 15 is 0 Å². The van der Waals surface area contributed by atoms with Crippen molar-refractivity contribution in [3.63, 3.8) is 0 Å². The van der Waals surface area contributed by atoms with E-state index in [4.69, 9.17) is 10.8 Å². The Bertz CT molecular complexity index is 659. The van der Waals surface area contributed by atoms with E-state index in [1.165, 1.54) is 18.3 Å². The molecule has 0 aliphatic heterocycles. The van der Waals surface area contributed by atoms with E-state index in [1.807, 2.05) is 0 Å². The van der Waals surface area contributed by atoms with Gasteiger partial charge in [-0.15, -0.1) is 0 Å². The largest absolute Gasteiger partial charge is 0.478 e. The van der Waals surface area contributed by atoms with Gasteiger partial charge in [0.05, 0.1) is 17.5 Å². The number of hydrogen-bond donors (Lipinski definition) is 3. The predicted octanol–water partition coefficient (Wildman–Crippen LogP) is 1.18. The topological polar surface area (TPSA) is 110 Å². The Kier molecular flexibility index (Phi) is 3.80. The number of benzene rings is 1. The van der Waals surface area contributed by atoms with Crippen molar-refractivity contribution in [1.29, 1.82) is 0 Å². The van der Waals surface area contributed by atoms with E-state index in [0.29, 0.717) is 5.69 Å². The Hall–Kier alpha value is -3.09.